The monoisotopic (exact) mass is 392 g/mol. The largest absolute Gasteiger partial charge is 0.497 e. The van der Waals surface area contributed by atoms with Gasteiger partial charge in [-0.2, -0.15) is 0 Å². The van der Waals surface area contributed by atoms with Gasteiger partial charge in [-0.3, -0.25) is 9.69 Å². The molecule has 1 atom stereocenters. The lowest BCUT2D eigenvalue weighted by atomic mass is 10.0. The van der Waals surface area contributed by atoms with Crippen molar-refractivity contribution in [3.8, 4) is 11.5 Å². The maximum absolute atomic E-state index is 13.2. The van der Waals surface area contributed by atoms with Crippen molar-refractivity contribution in [1.29, 1.82) is 0 Å². The van der Waals surface area contributed by atoms with Crippen molar-refractivity contribution in [3.05, 3.63) is 52.8 Å². The smallest absolute Gasteiger partial charge is 0.238 e. The van der Waals surface area contributed by atoms with Gasteiger partial charge in [0, 0.05) is 17.7 Å². The number of rotatable bonds is 6. The Morgan fingerprint density at radius 3 is 2.78 bits per heavy atom. The lowest BCUT2D eigenvalue weighted by Gasteiger charge is -2.26. The molecule has 0 saturated carbocycles. The molecule has 0 spiro atoms. The van der Waals surface area contributed by atoms with Crippen LogP contribution in [0.3, 0.4) is 0 Å². The standard InChI is InChI=1S/C20H22ClFN2O3/c1-26-14-6-7-15(19(11-14)27-2)18-4-3-9-24(18)12-20(25)23-17-8-5-13(22)10-16(17)21/h5-8,10-11,18H,3-4,9,12H2,1-2H3,(H,23,25). The van der Waals surface area contributed by atoms with E-state index in [0.29, 0.717) is 5.69 Å². The number of halogens is 2. The third-order valence-electron chi connectivity index (χ3n) is 4.72. The van der Waals surface area contributed by atoms with Crippen LogP contribution in [0.15, 0.2) is 36.4 Å². The molecule has 2 aromatic carbocycles. The van der Waals surface area contributed by atoms with Crippen molar-refractivity contribution in [1.82, 2.24) is 4.90 Å². The minimum atomic E-state index is -0.441. The molecule has 1 saturated heterocycles. The van der Waals surface area contributed by atoms with Crippen LogP contribution >= 0.6 is 11.6 Å². The Hall–Kier alpha value is -2.31. The number of nitrogens with one attached hydrogen (secondary N) is 1. The number of amides is 1. The fraction of sp³-hybridized carbons (Fsp3) is 0.350. The van der Waals surface area contributed by atoms with Gasteiger partial charge in [-0.15, -0.1) is 0 Å². The van der Waals surface area contributed by atoms with Crippen molar-refractivity contribution in [2.75, 3.05) is 32.6 Å². The molecule has 27 heavy (non-hydrogen) atoms. The Kier molecular flexibility index (Phi) is 6.19. The lowest BCUT2D eigenvalue weighted by Crippen LogP contribution is -2.33. The zero-order chi connectivity index (χ0) is 19.4. The van der Waals surface area contributed by atoms with Gasteiger partial charge in [-0.1, -0.05) is 17.7 Å². The molecule has 1 aliphatic rings. The first-order chi connectivity index (χ1) is 13.0. The first-order valence-corrected chi connectivity index (χ1v) is 9.10. The highest BCUT2D eigenvalue weighted by Gasteiger charge is 2.30. The molecule has 1 unspecified atom stereocenters. The Balaban J connectivity index is 1.72. The average Bonchev–Trinajstić information content (AvgIpc) is 3.11. The maximum Gasteiger partial charge on any atom is 0.238 e. The van der Waals surface area contributed by atoms with Crippen LogP contribution in [-0.2, 0) is 4.79 Å². The summed E-state index contributed by atoms with van der Waals surface area (Å²) in [5.74, 6) is 0.837. The number of ether oxygens (including phenoxy) is 2. The highest BCUT2D eigenvalue weighted by molar-refractivity contribution is 6.33. The summed E-state index contributed by atoms with van der Waals surface area (Å²) in [6.45, 7) is 1.03. The second kappa shape index (κ2) is 8.59. The highest BCUT2D eigenvalue weighted by Crippen LogP contribution is 2.38. The normalized spacial score (nSPS) is 17.0. The van der Waals surface area contributed by atoms with Crippen LogP contribution in [-0.4, -0.2) is 38.1 Å². The third kappa shape index (κ3) is 4.51. The van der Waals surface area contributed by atoms with E-state index in [4.69, 9.17) is 21.1 Å². The molecular formula is C20H22ClFN2O3. The van der Waals surface area contributed by atoms with Gasteiger partial charge in [-0.25, -0.2) is 4.39 Å². The van der Waals surface area contributed by atoms with Crippen molar-refractivity contribution in [3.63, 3.8) is 0 Å². The van der Waals surface area contributed by atoms with E-state index in [1.165, 1.54) is 18.2 Å². The maximum atomic E-state index is 13.2. The molecular weight excluding hydrogens is 371 g/mol. The van der Waals surface area contributed by atoms with E-state index < -0.39 is 5.82 Å². The minimum absolute atomic E-state index is 0.0836. The van der Waals surface area contributed by atoms with Crippen LogP contribution < -0.4 is 14.8 Å². The quantitative estimate of drug-likeness (QED) is 0.797. The molecule has 7 heteroatoms. The Morgan fingerprint density at radius 2 is 2.07 bits per heavy atom. The van der Waals surface area contributed by atoms with Crippen LogP contribution in [0.1, 0.15) is 24.4 Å². The second-order valence-electron chi connectivity index (χ2n) is 6.41. The van der Waals surface area contributed by atoms with Crippen LogP contribution in [0.4, 0.5) is 10.1 Å². The first kappa shape index (κ1) is 19.5. The number of hydrogen-bond donors (Lipinski definition) is 1. The van der Waals surface area contributed by atoms with Gasteiger partial charge in [0.2, 0.25) is 5.91 Å². The van der Waals surface area contributed by atoms with Crippen molar-refractivity contribution >= 4 is 23.2 Å². The van der Waals surface area contributed by atoms with Gasteiger partial charge >= 0.3 is 0 Å². The number of carbonyl (C=O) groups excluding carboxylic acids is 1. The van der Waals surface area contributed by atoms with Gasteiger partial charge in [0.1, 0.15) is 17.3 Å². The molecule has 0 radical (unpaired) electrons. The van der Waals surface area contributed by atoms with Gasteiger partial charge in [0.05, 0.1) is 31.5 Å². The van der Waals surface area contributed by atoms with E-state index in [2.05, 4.69) is 10.2 Å². The number of benzene rings is 2. The number of anilines is 1. The van der Waals surface area contributed by atoms with Crippen LogP contribution in [0.2, 0.25) is 5.02 Å². The van der Waals surface area contributed by atoms with E-state index in [9.17, 15) is 9.18 Å². The van der Waals surface area contributed by atoms with Crippen molar-refractivity contribution in [2.45, 2.75) is 18.9 Å². The van der Waals surface area contributed by atoms with Crippen LogP contribution in [0.25, 0.3) is 0 Å². The Labute approximate surface area is 163 Å². The van der Waals surface area contributed by atoms with E-state index in [0.717, 1.165) is 36.4 Å². The van der Waals surface area contributed by atoms with Crippen molar-refractivity contribution < 1.29 is 18.7 Å². The highest BCUT2D eigenvalue weighted by atomic mass is 35.5. The number of nitrogens with zero attached hydrogens (tertiary/aromatic N) is 1. The topological polar surface area (TPSA) is 50.8 Å². The zero-order valence-corrected chi connectivity index (χ0v) is 16.1. The molecule has 1 amide bonds. The summed E-state index contributed by atoms with van der Waals surface area (Å²) in [4.78, 5) is 14.6. The predicted molar refractivity (Wildman–Crippen MR) is 103 cm³/mol. The minimum Gasteiger partial charge on any atom is -0.497 e. The fourth-order valence-electron chi connectivity index (χ4n) is 3.43. The van der Waals surface area contributed by atoms with Gasteiger partial charge in [-0.05, 0) is 43.7 Å². The molecule has 1 aliphatic heterocycles. The van der Waals surface area contributed by atoms with Gasteiger partial charge < -0.3 is 14.8 Å². The summed E-state index contributed by atoms with van der Waals surface area (Å²) >= 11 is 5.99. The molecule has 0 aliphatic carbocycles. The summed E-state index contributed by atoms with van der Waals surface area (Å²) in [7, 11) is 3.24. The van der Waals surface area contributed by atoms with E-state index in [1.54, 1.807) is 14.2 Å². The van der Waals surface area contributed by atoms with E-state index in [1.807, 2.05) is 18.2 Å². The molecule has 2 aromatic rings. The van der Waals surface area contributed by atoms with Gasteiger partial charge in [0.25, 0.3) is 0 Å². The molecule has 1 fully saturated rings. The van der Waals surface area contributed by atoms with Gasteiger partial charge in [0.15, 0.2) is 0 Å². The predicted octanol–water partition coefficient (Wildman–Crippen LogP) is 4.27. The molecule has 0 bridgehead atoms. The van der Waals surface area contributed by atoms with Crippen molar-refractivity contribution in [2.24, 2.45) is 0 Å². The summed E-state index contributed by atoms with van der Waals surface area (Å²) in [5.41, 5.74) is 1.43. The Bertz CT molecular complexity index is 831. The summed E-state index contributed by atoms with van der Waals surface area (Å²) in [6.07, 6.45) is 1.93. The summed E-state index contributed by atoms with van der Waals surface area (Å²) in [5, 5.41) is 2.93. The second-order valence-corrected chi connectivity index (χ2v) is 6.82. The van der Waals surface area contributed by atoms with Crippen LogP contribution in [0.5, 0.6) is 11.5 Å². The molecule has 0 aromatic heterocycles. The lowest BCUT2D eigenvalue weighted by molar-refractivity contribution is -0.117. The average molecular weight is 393 g/mol. The molecule has 3 rings (SSSR count). The molecule has 1 N–H and O–H groups in total. The van der Waals surface area contributed by atoms with E-state index >= 15 is 0 Å². The fourth-order valence-corrected chi connectivity index (χ4v) is 3.64. The van der Waals surface area contributed by atoms with Crippen LogP contribution in [0, 0.1) is 5.82 Å². The number of carbonyl (C=O) groups is 1. The third-order valence-corrected chi connectivity index (χ3v) is 5.03. The first-order valence-electron chi connectivity index (χ1n) is 8.72. The molecule has 144 valence electrons. The summed E-state index contributed by atoms with van der Waals surface area (Å²) in [6, 6.07) is 9.72. The SMILES string of the molecule is COc1ccc(C2CCCN2CC(=O)Nc2ccc(F)cc2Cl)c(OC)c1. The number of likely N-dealkylation sites (tertiary alicyclic amines) is 1. The summed E-state index contributed by atoms with van der Waals surface area (Å²) < 4.78 is 23.9. The molecule has 5 nitrogen and oxygen atoms in total. The number of methoxy groups -OCH3 is 2. The van der Waals surface area contributed by atoms with E-state index in [-0.39, 0.29) is 23.5 Å². The Morgan fingerprint density at radius 1 is 1.26 bits per heavy atom. The zero-order valence-electron chi connectivity index (χ0n) is 15.3. The molecule has 1 heterocycles. The number of hydrogen-bond acceptors (Lipinski definition) is 4.